The van der Waals surface area contributed by atoms with Crippen LogP contribution in [0.5, 0.6) is 0 Å². The first-order valence-corrected chi connectivity index (χ1v) is 7.14. The van der Waals surface area contributed by atoms with Gasteiger partial charge in [0.2, 0.25) is 5.91 Å². The molecule has 0 spiro atoms. The lowest BCUT2D eigenvalue weighted by molar-refractivity contribution is -0.133. The quantitative estimate of drug-likeness (QED) is 0.878. The second kappa shape index (κ2) is 7.81. The Morgan fingerprint density at radius 3 is 2.55 bits per heavy atom. The summed E-state index contributed by atoms with van der Waals surface area (Å²) in [7, 11) is 0. The van der Waals surface area contributed by atoms with Gasteiger partial charge in [0.1, 0.15) is 5.82 Å². The molecular weight excluding hydrogens is 323 g/mol. The number of amides is 1. The molecule has 1 amide bonds. The second-order valence-corrected chi connectivity index (χ2v) is 5.53. The molecule has 122 valence electrons. The van der Waals surface area contributed by atoms with E-state index in [1.807, 2.05) is 29.2 Å². The normalized spacial score (nSPS) is 16.7. The van der Waals surface area contributed by atoms with E-state index in [1.165, 1.54) is 0 Å². The number of benzene rings is 1. The molecule has 0 aliphatic carbocycles. The number of hydrogen-bond acceptors (Lipinski definition) is 3. The SMILES string of the molecule is C[C@@H](N)C(=O)N1CCC(c2nc3ccccc3[nH]2)CC1.Cl.Cl. The summed E-state index contributed by atoms with van der Waals surface area (Å²) in [6.45, 7) is 3.28. The highest BCUT2D eigenvalue weighted by Gasteiger charge is 2.26. The zero-order valence-corrected chi connectivity index (χ0v) is 14.1. The first-order chi connectivity index (χ1) is 9.65. The summed E-state index contributed by atoms with van der Waals surface area (Å²) in [5.41, 5.74) is 7.74. The van der Waals surface area contributed by atoms with Crippen molar-refractivity contribution in [1.29, 1.82) is 0 Å². The molecule has 1 aromatic heterocycles. The van der Waals surface area contributed by atoms with Crippen LogP contribution < -0.4 is 5.73 Å². The zero-order valence-electron chi connectivity index (χ0n) is 12.5. The van der Waals surface area contributed by atoms with Crippen LogP contribution >= 0.6 is 24.8 Å². The Balaban J connectivity index is 0.00000121. The maximum atomic E-state index is 11.9. The molecule has 22 heavy (non-hydrogen) atoms. The fourth-order valence-electron chi connectivity index (χ4n) is 2.83. The van der Waals surface area contributed by atoms with Crippen LogP contribution in [-0.4, -0.2) is 39.9 Å². The van der Waals surface area contributed by atoms with Crippen molar-refractivity contribution >= 4 is 41.8 Å². The number of carbonyl (C=O) groups excluding carboxylic acids is 1. The van der Waals surface area contributed by atoms with Gasteiger partial charge in [-0.25, -0.2) is 4.98 Å². The first-order valence-electron chi connectivity index (χ1n) is 7.14. The Labute approximate surface area is 142 Å². The van der Waals surface area contributed by atoms with Gasteiger partial charge in [0.05, 0.1) is 17.1 Å². The van der Waals surface area contributed by atoms with Crippen molar-refractivity contribution in [2.45, 2.75) is 31.7 Å². The minimum atomic E-state index is -0.405. The van der Waals surface area contributed by atoms with Gasteiger partial charge in [-0.2, -0.15) is 0 Å². The number of piperidine rings is 1. The molecule has 1 aliphatic rings. The number of hydrogen-bond donors (Lipinski definition) is 2. The Kier molecular flexibility index (Phi) is 6.66. The van der Waals surface area contributed by atoms with Crippen molar-refractivity contribution in [3.05, 3.63) is 30.1 Å². The van der Waals surface area contributed by atoms with E-state index >= 15 is 0 Å². The lowest BCUT2D eigenvalue weighted by Gasteiger charge is -2.32. The van der Waals surface area contributed by atoms with Crippen LogP contribution in [0.4, 0.5) is 0 Å². The third-order valence-corrected chi connectivity index (χ3v) is 3.99. The highest BCUT2D eigenvalue weighted by atomic mass is 35.5. The van der Waals surface area contributed by atoms with Gasteiger partial charge in [-0.05, 0) is 31.9 Å². The molecule has 1 aromatic carbocycles. The number of nitrogens with two attached hydrogens (primary N) is 1. The minimum absolute atomic E-state index is 0. The molecule has 0 saturated carbocycles. The number of halogens is 2. The van der Waals surface area contributed by atoms with Gasteiger partial charge in [-0.15, -0.1) is 24.8 Å². The maximum Gasteiger partial charge on any atom is 0.239 e. The number of likely N-dealkylation sites (tertiary alicyclic amines) is 1. The fourth-order valence-corrected chi connectivity index (χ4v) is 2.83. The molecule has 3 N–H and O–H groups in total. The maximum absolute atomic E-state index is 11.9. The van der Waals surface area contributed by atoms with Gasteiger partial charge in [-0.3, -0.25) is 4.79 Å². The number of aromatic amines is 1. The van der Waals surface area contributed by atoms with E-state index in [0.717, 1.165) is 42.8 Å². The zero-order chi connectivity index (χ0) is 14.1. The molecule has 1 fully saturated rings. The average molecular weight is 345 g/mol. The molecule has 2 heterocycles. The van der Waals surface area contributed by atoms with E-state index in [4.69, 9.17) is 5.73 Å². The van der Waals surface area contributed by atoms with Crippen molar-refractivity contribution in [2.75, 3.05) is 13.1 Å². The van der Waals surface area contributed by atoms with Crippen LogP contribution in [0.2, 0.25) is 0 Å². The Morgan fingerprint density at radius 2 is 1.95 bits per heavy atom. The summed E-state index contributed by atoms with van der Waals surface area (Å²) in [6, 6.07) is 7.66. The Hall–Kier alpha value is -1.30. The van der Waals surface area contributed by atoms with E-state index in [0.29, 0.717) is 5.92 Å². The van der Waals surface area contributed by atoms with Gasteiger partial charge in [-0.1, -0.05) is 12.1 Å². The fraction of sp³-hybridized carbons (Fsp3) is 0.467. The van der Waals surface area contributed by atoms with E-state index in [2.05, 4.69) is 9.97 Å². The monoisotopic (exact) mass is 344 g/mol. The van der Waals surface area contributed by atoms with E-state index < -0.39 is 6.04 Å². The number of rotatable bonds is 2. The average Bonchev–Trinajstić information content (AvgIpc) is 2.90. The molecular formula is C15H22Cl2N4O. The lowest BCUT2D eigenvalue weighted by atomic mass is 9.96. The second-order valence-electron chi connectivity index (χ2n) is 5.53. The number of nitrogens with one attached hydrogen (secondary N) is 1. The summed E-state index contributed by atoms with van der Waals surface area (Å²) in [5.74, 6) is 1.49. The van der Waals surface area contributed by atoms with Gasteiger partial charge in [0, 0.05) is 19.0 Å². The van der Waals surface area contributed by atoms with E-state index in [-0.39, 0.29) is 30.7 Å². The van der Waals surface area contributed by atoms with Crippen LogP contribution in [-0.2, 0) is 4.79 Å². The van der Waals surface area contributed by atoms with Crippen molar-refractivity contribution < 1.29 is 4.79 Å². The largest absolute Gasteiger partial charge is 0.342 e. The first kappa shape index (κ1) is 18.7. The molecule has 0 radical (unpaired) electrons. The Morgan fingerprint density at radius 1 is 1.32 bits per heavy atom. The number of H-pyrrole nitrogens is 1. The summed E-state index contributed by atoms with van der Waals surface area (Å²) in [5, 5.41) is 0. The third-order valence-electron chi connectivity index (χ3n) is 3.99. The van der Waals surface area contributed by atoms with Gasteiger partial charge in [0.15, 0.2) is 0 Å². The molecule has 0 bridgehead atoms. The standard InChI is InChI=1S/C15H20N4O.2ClH/c1-10(16)15(20)19-8-6-11(7-9-19)14-17-12-4-2-3-5-13(12)18-14;;/h2-5,10-11H,6-9,16H2,1H3,(H,17,18);2*1H/t10-;;/m1../s1. The van der Waals surface area contributed by atoms with Gasteiger partial charge in [0.25, 0.3) is 0 Å². The van der Waals surface area contributed by atoms with Crippen LogP contribution in [0.15, 0.2) is 24.3 Å². The molecule has 1 atom stereocenters. The highest BCUT2D eigenvalue weighted by molar-refractivity contribution is 5.85. The van der Waals surface area contributed by atoms with Crippen molar-refractivity contribution in [3.63, 3.8) is 0 Å². The number of nitrogens with zero attached hydrogens (tertiary/aromatic N) is 2. The van der Waals surface area contributed by atoms with Crippen molar-refractivity contribution in [1.82, 2.24) is 14.9 Å². The topological polar surface area (TPSA) is 75.0 Å². The number of fused-ring (bicyclic) bond motifs is 1. The van der Waals surface area contributed by atoms with Crippen LogP contribution in [0.3, 0.4) is 0 Å². The predicted molar refractivity (Wildman–Crippen MR) is 92.8 cm³/mol. The van der Waals surface area contributed by atoms with Crippen molar-refractivity contribution in [3.8, 4) is 0 Å². The van der Waals surface area contributed by atoms with Gasteiger partial charge >= 0.3 is 0 Å². The predicted octanol–water partition coefficient (Wildman–Crippen LogP) is 2.46. The molecule has 1 saturated heterocycles. The van der Waals surface area contributed by atoms with Crippen LogP contribution in [0.1, 0.15) is 31.5 Å². The van der Waals surface area contributed by atoms with Gasteiger partial charge < -0.3 is 15.6 Å². The summed E-state index contributed by atoms with van der Waals surface area (Å²) in [6.07, 6.45) is 1.89. The summed E-state index contributed by atoms with van der Waals surface area (Å²) in [4.78, 5) is 21.8. The summed E-state index contributed by atoms with van der Waals surface area (Å²) >= 11 is 0. The van der Waals surface area contributed by atoms with Crippen LogP contribution in [0.25, 0.3) is 11.0 Å². The smallest absolute Gasteiger partial charge is 0.239 e. The number of aromatic nitrogens is 2. The summed E-state index contributed by atoms with van der Waals surface area (Å²) < 4.78 is 0. The van der Waals surface area contributed by atoms with Crippen LogP contribution in [0, 0.1) is 0 Å². The molecule has 3 rings (SSSR count). The number of imidazole rings is 1. The van der Waals surface area contributed by atoms with E-state index in [9.17, 15) is 4.79 Å². The Bertz CT molecular complexity index is 588. The lowest BCUT2D eigenvalue weighted by Crippen LogP contribution is -2.45. The number of para-hydroxylation sites is 2. The highest BCUT2D eigenvalue weighted by Crippen LogP contribution is 2.27. The minimum Gasteiger partial charge on any atom is -0.342 e. The molecule has 5 nitrogen and oxygen atoms in total. The number of carbonyl (C=O) groups is 1. The van der Waals surface area contributed by atoms with E-state index in [1.54, 1.807) is 6.92 Å². The molecule has 1 aliphatic heterocycles. The molecule has 0 unspecified atom stereocenters. The third kappa shape index (κ3) is 3.72. The van der Waals surface area contributed by atoms with Crippen molar-refractivity contribution in [2.24, 2.45) is 5.73 Å². The molecule has 2 aromatic rings. The molecule has 7 heteroatoms.